The fraction of sp³-hybridized carbons (Fsp3) is 0. The Labute approximate surface area is 241 Å². The topological polar surface area (TPSA) is 138 Å². The van der Waals surface area contributed by atoms with Crippen molar-refractivity contribution in [3.63, 3.8) is 0 Å². The van der Waals surface area contributed by atoms with Gasteiger partial charge in [-0.25, -0.2) is 15.0 Å². The van der Waals surface area contributed by atoms with Crippen molar-refractivity contribution in [2.24, 2.45) is 0 Å². The number of rotatable bonds is 8. The molecule has 200 valence electrons. The van der Waals surface area contributed by atoms with Gasteiger partial charge >= 0.3 is 0 Å². The molecule has 0 unspecified atom stereocenters. The molecule has 0 amide bonds. The second kappa shape index (κ2) is 12.0. The van der Waals surface area contributed by atoms with Crippen molar-refractivity contribution in [3.05, 3.63) is 127 Å². The van der Waals surface area contributed by atoms with Crippen molar-refractivity contribution < 1.29 is 0 Å². The first-order valence-corrected chi connectivity index (χ1v) is 13.1. The van der Waals surface area contributed by atoms with Crippen LogP contribution in [0.4, 0.5) is 0 Å². The zero-order valence-electron chi connectivity index (χ0n) is 22.3. The second-order valence-corrected chi connectivity index (χ2v) is 9.21. The molecule has 0 saturated heterocycles. The van der Waals surface area contributed by atoms with E-state index in [9.17, 15) is 0 Å². The molecule has 9 heteroatoms. The Morgan fingerprint density at radius 1 is 0.548 bits per heavy atom. The highest BCUT2D eigenvalue weighted by Crippen LogP contribution is 2.29. The summed E-state index contributed by atoms with van der Waals surface area (Å²) in [6, 6.07) is 30.7. The predicted molar refractivity (Wildman–Crippen MR) is 163 cm³/mol. The van der Waals surface area contributed by atoms with Gasteiger partial charge in [0.25, 0.3) is 0 Å². The van der Waals surface area contributed by atoms with Crippen LogP contribution in [0, 0.1) is 10.8 Å². The zero-order valence-corrected chi connectivity index (χ0v) is 22.3. The normalized spacial score (nSPS) is 11.0. The summed E-state index contributed by atoms with van der Waals surface area (Å²) in [7, 11) is 0. The van der Waals surface area contributed by atoms with E-state index in [1.165, 1.54) is 6.08 Å². The number of aromatic nitrogens is 7. The van der Waals surface area contributed by atoms with Crippen molar-refractivity contribution in [2.45, 2.75) is 0 Å². The maximum absolute atomic E-state index is 8.39. The Morgan fingerprint density at radius 3 is 1.50 bits per heavy atom. The smallest absolute Gasteiger partial charge is 0.164 e. The third-order valence-electron chi connectivity index (χ3n) is 6.40. The molecule has 6 aromatic rings. The Kier molecular flexibility index (Phi) is 7.45. The summed E-state index contributed by atoms with van der Waals surface area (Å²) in [5.41, 5.74) is 6.57. The van der Waals surface area contributed by atoms with Crippen molar-refractivity contribution in [1.82, 2.24) is 35.3 Å². The molecule has 0 aliphatic rings. The van der Waals surface area contributed by atoms with Gasteiger partial charge in [0.15, 0.2) is 17.5 Å². The lowest BCUT2D eigenvalue weighted by Crippen LogP contribution is -2.02. The lowest BCUT2D eigenvalue weighted by atomic mass is 10.0. The van der Waals surface area contributed by atoms with E-state index in [-0.39, 0.29) is 5.71 Å². The highest BCUT2D eigenvalue weighted by atomic mass is 15.1. The van der Waals surface area contributed by atoms with E-state index in [1.54, 1.807) is 18.5 Å². The highest BCUT2D eigenvalue weighted by molar-refractivity contribution is 6.08. The summed E-state index contributed by atoms with van der Waals surface area (Å²) in [4.78, 5) is 14.6. The molecule has 3 aromatic heterocycles. The van der Waals surface area contributed by atoms with E-state index in [0.717, 1.165) is 45.4 Å². The SMILES string of the molecule is N=C/C=C\C(=N)c1cccc(-c2nc(-c3cccc(-c4cccnn4)c3)nc(-c3cccc(-c4cccnn4)c3)n2)c1. The molecule has 42 heavy (non-hydrogen) atoms. The highest BCUT2D eigenvalue weighted by Gasteiger charge is 2.15. The molecule has 6 rings (SSSR count). The summed E-state index contributed by atoms with van der Waals surface area (Å²) < 4.78 is 0. The van der Waals surface area contributed by atoms with E-state index in [0.29, 0.717) is 23.0 Å². The third-order valence-corrected chi connectivity index (χ3v) is 6.40. The number of benzene rings is 3. The van der Waals surface area contributed by atoms with E-state index in [2.05, 4.69) is 20.4 Å². The van der Waals surface area contributed by atoms with Crippen LogP contribution in [0.2, 0.25) is 0 Å². The summed E-state index contributed by atoms with van der Waals surface area (Å²) >= 11 is 0. The van der Waals surface area contributed by atoms with Crippen LogP contribution in [0.25, 0.3) is 56.7 Å². The van der Waals surface area contributed by atoms with E-state index in [1.807, 2.05) is 97.1 Å². The summed E-state index contributed by atoms with van der Waals surface area (Å²) in [6.07, 6.45) is 7.52. The molecule has 0 bridgehead atoms. The van der Waals surface area contributed by atoms with Crippen molar-refractivity contribution in [3.8, 4) is 56.7 Å². The van der Waals surface area contributed by atoms with Crippen molar-refractivity contribution in [1.29, 1.82) is 10.8 Å². The first-order chi connectivity index (χ1) is 20.7. The number of nitrogens with zero attached hydrogens (tertiary/aromatic N) is 7. The first kappa shape index (κ1) is 26.1. The minimum atomic E-state index is 0.281. The molecule has 0 radical (unpaired) electrons. The molecular weight excluding hydrogens is 522 g/mol. The monoisotopic (exact) mass is 545 g/mol. The second-order valence-electron chi connectivity index (χ2n) is 9.21. The van der Waals surface area contributed by atoms with Gasteiger partial charge in [0, 0.05) is 52.0 Å². The molecule has 0 atom stereocenters. The Hall–Kier alpha value is -6.09. The summed E-state index contributed by atoms with van der Waals surface area (Å²) in [6.45, 7) is 0. The summed E-state index contributed by atoms with van der Waals surface area (Å²) in [5, 5.41) is 32.1. The first-order valence-electron chi connectivity index (χ1n) is 13.1. The molecule has 3 heterocycles. The molecule has 0 aliphatic carbocycles. The maximum Gasteiger partial charge on any atom is 0.164 e. The number of hydrogen-bond donors (Lipinski definition) is 2. The maximum atomic E-state index is 8.39. The quantitative estimate of drug-likeness (QED) is 0.212. The van der Waals surface area contributed by atoms with Gasteiger partial charge in [0.05, 0.1) is 17.1 Å². The summed E-state index contributed by atoms with van der Waals surface area (Å²) in [5.74, 6) is 1.46. The molecule has 0 saturated carbocycles. The van der Waals surface area contributed by atoms with Crippen LogP contribution in [0.5, 0.6) is 0 Å². The van der Waals surface area contributed by atoms with E-state index >= 15 is 0 Å². The van der Waals surface area contributed by atoms with Crippen LogP contribution < -0.4 is 0 Å². The van der Waals surface area contributed by atoms with Crippen LogP contribution in [0.3, 0.4) is 0 Å². The van der Waals surface area contributed by atoms with Gasteiger partial charge in [-0.3, -0.25) is 0 Å². The zero-order chi connectivity index (χ0) is 28.7. The van der Waals surface area contributed by atoms with Crippen molar-refractivity contribution >= 4 is 11.9 Å². The molecule has 0 fully saturated rings. The van der Waals surface area contributed by atoms with Crippen molar-refractivity contribution in [2.75, 3.05) is 0 Å². The third kappa shape index (κ3) is 5.75. The Morgan fingerprint density at radius 2 is 1.02 bits per heavy atom. The molecule has 2 N–H and O–H groups in total. The van der Waals surface area contributed by atoms with E-state index < -0.39 is 0 Å². The van der Waals surface area contributed by atoms with Crippen LogP contribution in [-0.4, -0.2) is 47.3 Å². The standard InChI is InChI=1S/C33H23N9/c34-16-4-13-28(35)22-7-1-10-25(19-22)31-38-32(26-11-2-8-23(20-26)29-14-5-17-36-41-29)40-33(39-31)27-12-3-9-24(21-27)30-15-6-18-37-42-30/h1-21,34-35H/b13-4-,34-16?,35-28?. The average molecular weight is 546 g/mol. The number of nitrogens with one attached hydrogen (secondary N) is 2. The number of allylic oxidation sites excluding steroid dienone is 2. The van der Waals surface area contributed by atoms with Gasteiger partial charge < -0.3 is 10.8 Å². The Bertz CT molecular complexity index is 1820. The molecule has 0 aliphatic heterocycles. The van der Waals surface area contributed by atoms with Crippen LogP contribution in [-0.2, 0) is 0 Å². The van der Waals surface area contributed by atoms with Gasteiger partial charge in [-0.1, -0.05) is 54.6 Å². The fourth-order valence-electron chi connectivity index (χ4n) is 4.38. The van der Waals surface area contributed by atoms with Gasteiger partial charge in [0.2, 0.25) is 0 Å². The van der Waals surface area contributed by atoms with Crippen LogP contribution in [0.15, 0.2) is 122 Å². The van der Waals surface area contributed by atoms with Gasteiger partial charge in [-0.05, 0) is 54.6 Å². The minimum absolute atomic E-state index is 0.281. The van der Waals surface area contributed by atoms with Crippen LogP contribution in [0.1, 0.15) is 5.56 Å². The van der Waals surface area contributed by atoms with Crippen LogP contribution >= 0.6 is 0 Å². The minimum Gasteiger partial charge on any atom is -0.309 e. The average Bonchev–Trinajstić information content (AvgIpc) is 3.08. The largest absolute Gasteiger partial charge is 0.309 e. The Balaban J connectivity index is 1.50. The van der Waals surface area contributed by atoms with Gasteiger partial charge in [0.1, 0.15) is 0 Å². The molecule has 9 nitrogen and oxygen atoms in total. The lowest BCUT2D eigenvalue weighted by Gasteiger charge is -2.11. The molecular formula is C33H23N9. The predicted octanol–water partition coefficient (Wildman–Crippen LogP) is 6.36. The van der Waals surface area contributed by atoms with E-state index in [4.69, 9.17) is 25.8 Å². The molecule has 3 aromatic carbocycles. The molecule has 0 spiro atoms. The number of hydrogen-bond acceptors (Lipinski definition) is 9. The lowest BCUT2D eigenvalue weighted by molar-refractivity contribution is 1.04. The van der Waals surface area contributed by atoms with Gasteiger partial charge in [-0.2, -0.15) is 20.4 Å². The fourth-order valence-corrected chi connectivity index (χ4v) is 4.38. The van der Waals surface area contributed by atoms with Gasteiger partial charge in [-0.15, -0.1) is 0 Å².